The lowest BCUT2D eigenvalue weighted by Crippen LogP contribution is -2.13. The van der Waals surface area contributed by atoms with E-state index in [4.69, 9.17) is 5.73 Å². The Balaban J connectivity index is 2.13. The van der Waals surface area contributed by atoms with Crippen molar-refractivity contribution in [2.45, 2.75) is 13.0 Å². The van der Waals surface area contributed by atoms with E-state index in [0.717, 1.165) is 22.1 Å². The number of nitrogens with two attached hydrogens (primary N) is 1. The van der Waals surface area contributed by atoms with Crippen LogP contribution in [0.1, 0.15) is 22.7 Å². The molecule has 96 valence electrons. The van der Waals surface area contributed by atoms with Crippen LogP contribution < -0.4 is 5.73 Å². The summed E-state index contributed by atoms with van der Waals surface area (Å²) in [7, 11) is 0. The molecule has 1 unspecified atom stereocenters. The van der Waals surface area contributed by atoms with Crippen LogP contribution in [-0.4, -0.2) is 0 Å². The van der Waals surface area contributed by atoms with Crippen LogP contribution in [0.3, 0.4) is 0 Å². The van der Waals surface area contributed by atoms with E-state index < -0.39 is 0 Å². The van der Waals surface area contributed by atoms with Crippen LogP contribution in [0.5, 0.6) is 0 Å². The third-order valence-corrected chi connectivity index (χ3v) is 4.40. The first kappa shape index (κ1) is 12.3. The quantitative estimate of drug-likeness (QED) is 0.734. The molecule has 1 aromatic heterocycles. The molecule has 0 radical (unpaired) electrons. The molecule has 2 N–H and O–H groups in total. The molecule has 3 rings (SSSR count). The van der Waals surface area contributed by atoms with E-state index in [1.54, 1.807) is 17.4 Å². The Hall–Kier alpha value is -1.71. The van der Waals surface area contributed by atoms with Gasteiger partial charge in [-0.2, -0.15) is 0 Å². The van der Waals surface area contributed by atoms with E-state index in [2.05, 4.69) is 17.5 Å². The number of halogens is 1. The van der Waals surface area contributed by atoms with Crippen molar-refractivity contribution in [1.29, 1.82) is 0 Å². The Morgan fingerprint density at radius 1 is 1.11 bits per heavy atom. The summed E-state index contributed by atoms with van der Waals surface area (Å²) in [6.45, 7) is 1.96. The lowest BCUT2D eigenvalue weighted by atomic mass is 9.95. The van der Waals surface area contributed by atoms with E-state index in [1.807, 2.05) is 19.1 Å². The van der Waals surface area contributed by atoms with E-state index in [-0.39, 0.29) is 11.9 Å². The lowest BCUT2D eigenvalue weighted by Gasteiger charge is -2.14. The topological polar surface area (TPSA) is 26.0 Å². The molecule has 0 spiro atoms. The van der Waals surface area contributed by atoms with Crippen LogP contribution in [0.4, 0.5) is 4.39 Å². The zero-order valence-corrected chi connectivity index (χ0v) is 11.4. The van der Waals surface area contributed by atoms with Crippen molar-refractivity contribution >= 4 is 21.4 Å². The minimum absolute atomic E-state index is 0.240. The second-order valence-corrected chi connectivity index (χ2v) is 5.58. The molecule has 0 saturated carbocycles. The maximum atomic E-state index is 13.4. The highest BCUT2D eigenvalue weighted by Crippen LogP contribution is 2.33. The van der Waals surface area contributed by atoms with Gasteiger partial charge in [0.2, 0.25) is 0 Å². The van der Waals surface area contributed by atoms with Gasteiger partial charge in [-0.25, -0.2) is 4.39 Å². The third kappa shape index (κ3) is 2.15. The molecule has 0 saturated heterocycles. The van der Waals surface area contributed by atoms with Gasteiger partial charge in [-0.1, -0.05) is 24.3 Å². The molecule has 0 bridgehead atoms. The highest BCUT2D eigenvalue weighted by molar-refractivity contribution is 7.17. The molecule has 1 nitrogen and oxygen atoms in total. The van der Waals surface area contributed by atoms with Crippen LogP contribution in [0.2, 0.25) is 0 Å². The number of hydrogen-bond acceptors (Lipinski definition) is 2. The Bertz CT molecular complexity index is 732. The van der Waals surface area contributed by atoms with E-state index >= 15 is 0 Å². The fraction of sp³-hybridized carbons (Fsp3) is 0.125. The molecule has 2 aromatic carbocycles. The fourth-order valence-corrected chi connectivity index (χ4v) is 3.35. The molecule has 0 aliphatic rings. The zero-order valence-electron chi connectivity index (χ0n) is 10.6. The Labute approximate surface area is 115 Å². The SMILES string of the molecule is Cc1ccc(F)cc1C(N)c1csc2ccccc12. The first-order chi connectivity index (χ1) is 9.16. The molecule has 3 heteroatoms. The first-order valence-electron chi connectivity index (χ1n) is 6.14. The van der Waals surface area contributed by atoms with Crippen molar-refractivity contribution < 1.29 is 4.39 Å². The summed E-state index contributed by atoms with van der Waals surface area (Å²) in [5, 5.41) is 3.23. The van der Waals surface area contributed by atoms with Crippen molar-refractivity contribution in [2.24, 2.45) is 5.73 Å². The summed E-state index contributed by atoms with van der Waals surface area (Å²) < 4.78 is 14.6. The second-order valence-electron chi connectivity index (χ2n) is 4.67. The lowest BCUT2D eigenvalue weighted by molar-refractivity contribution is 0.623. The molecule has 0 amide bonds. The summed E-state index contributed by atoms with van der Waals surface area (Å²) >= 11 is 1.67. The summed E-state index contributed by atoms with van der Waals surface area (Å²) in [4.78, 5) is 0. The Kier molecular flexibility index (Phi) is 3.09. The number of aryl methyl sites for hydroxylation is 1. The van der Waals surface area contributed by atoms with Crippen LogP contribution in [0.15, 0.2) is 47.8 Å². The zero-order chi connectivity index (χ0) is 13.4. The maximum absolute atomic E-state index is 13.4. The van der Waals surface area contributed by atoms with Gasteiger partial charge in [0.1, 0.15) is 5.82 Å². The van der Waals surface area contributed by atoms with E-state index in [0.29, 0.717) is 0 Å². The average molecular weight is 271 g/mol. The van der Waals surface area contributed by atoms with E-state index in [1.165, 1.54) is 16.8 Å². The molecule has 1 heterocycles. The molecule has 0 aliphatic carbocycles. The number of rotatable bonds is 2. The fourth-order valence-electron chi connectivity index (χ4n) is 2.35. The number of benzene rings is 2. The summed E-state index contributed by atoms with van der Waals surface area (Å²) in [5.41, 5.74) is 9.27. The van der Waals surface area contributed by atoms with Crippen LogP contribution in [-0.2, 0) is 0 Å². The number of thiophene rings is 1. The van der Waals surface area contributed by atoms with Gasteiger partial charge in [-0.3, -0.25) is 0 Å². The summed E-state index contributed by atoms with van der Waals surface area (Å²) in [6.07, 6.45) is 0. The molecule has 0 aliphatic heterocycles. The van der Waals surface area contributed by atoms with Crippen molar-refractivity contribution in [2.75, 3.05) is 0 Å². The van der Waals surface area contributed by atoms with Gasteiger partial charge in [0.15, 0.2) is 0 Å². The molecule has 3 aromatic rings. The predicted octanol–water partition coefficient (Wildman–Crippen LogP) is 4.40. The largest absolute Gasteiger partial charge is 0.320 e. The van der Waals surface area contributed by atoms with Crippen molar-refractivity contribution in [3.05, 3.63) is 70.4 Å². The Morgan fingerprint density at radius 3 is 2.74 bits per heavy atom. The maximum Gasteiger partial charge on any atom is 0.123 e. The second kappa shape index (κ2) is 4.76. The molecule has 19 heavy (non-hydrogen) atoms. The normalized spacial score (nSPS) is 12.8. The molecular formula is C16H14FNS. The van der Waals surface area contributed by atoms with Gasteiger partial charge in [-0.05, 0) is 52.6 Å². The highest BCUT2D eigenvalue weighted by Gasteiger charge is 2.16. The van der Waals surface area contributed by atoms with Gasteiger partial charge >= 0.3 is 0 Å². The van der Waals surface area contributed by atoms with E-state index in [9.17, 15) is 4.39 Å². The average Bonchev–Trinajstić information content (AvgIpc) is 2.84. The minimum atomic E-state index is -0.285. The van der Waals surface area contributed by atoms with Gasteiger partial charge in [0.05, 0.1) is 6.04 Å². The summed E-state index contributed by atoms with van der Waals surface area (Å²) in [5.74, 6) is -0.240. The van der Waals surface area contributed by atoms with Crippen LogP contribution in [0, 0.1) is 12.7 Å². The highest BCUT2D eigenvalue weighted by atomic mass is 32.1. The molecular weight excluding hydrogens is 257 g/mol. The predicted molar refractivity (Wildman–Crippen MR) is 79.0 cm³/mol. The van der Waals surface area contributed by atoms with Gasteiger partial charge < -0.3 is 5.73 Å². The Morgan fingerprint density at radius 2 is 1.89 bits per heavy atom. The smallest absolute Gasteiger partial charge is 0.123 e. The van der Waals surface area contributed by atoms with Crippen LogP contribution in [0.25, 0.3) is 10.1 Å². The van der Waals surface area contributed by atoms with Gasteiger partial charge in [0, 0.05) is 4.70 Å². The van der Waals surface area contributed by atoms with Crippen molar-refractivity contribution in [3.8, 4) is 0 Å². The minimum Gasteiger partial charge on any atom is -0.320 e. The first-order valence-corrected chi connectivity index (χ1v) is 7.02. The third-order valence-electron chi connectivity index (χ3n) is 3.42. The monoisotopic (exact) mass is 271 g/mol. The van der Waals surface area contributed by atoms with Gasteiger partial charge in [-0.15, -0.1) is 11.3 Å². The van der Waals surface area contributed by atoms with Gasteiger partial charge in [0.25, 0.3) is 0 Å². The standard InChI is InChI=1S/C16H14FNS/c1-10-6-7-11(17)8-13(10)16(18)14-9-19-15-5-3-2-4-12(14)15/h2-9,16H,18H2,1H3. The molecule has 0 fully saturated rings. The molecule has 1 atom stereocenters. The van der Waals surface area contributed by atoms with Crippen molar-refractivity contribution in [3.63, 3.8) is 0 Å². The van der Waals surface area contributed by atoms with Crippen LogP contribution >= 0.6 is 11.3 Å². The number of hydrogen-bond donors (Lipinski definition) is 1. The summed E-state index contributed by atoms with van der Waals surface area (Å²) in [6, 6.07) is 12.7. The van der Waals surface area contributed by atoms with Crippen molar-refractivity contribution in [1.82, 2.24) is 0 Å². The number of fused-ring (bicyclic) bond motifs is 1.